The average Bonchev–Trinajstić information content (AvgIpc) is 2.48. The Morgan fingerprint density at radius 1 is 1.35 bits per heavy atom. The molecule has 1 aliphatic carbocycles. The minimum Gasteiger partial charge on any atom is -0.312 e. The van der Waals surface area contributed by atoms with Gasteiger partial charge in [-0.25, -0.2) is 0 Å². The van der Waals surface area contributed by atoms with Gasteiger partial charge in [0, 0.05) is 36.2 Å². The first kappa shape index (κ1) is 13.3. The lowest BCUT2D eigenvalue weighted by Gasteiger charge is -2.31. The number of fused-ring (bicyclic) bond motifs is 1. The molecule has 0 radical (unpaired) electrons. The molecule has 0 fully saturated rings. The van der Waals surface area contributed by atoms with E-state index in [0.717, 1.165) is 6.42 Å². The molecule has 1 aliphatic rings. The number of aromatic nitrogens is 2. The maximum absolute atomic E-state index is 4.66. The fourth-order valence-corrected chi connectivity index (χ4v) is 3.32. The number of likely N-dealkylation sites (N-methyl/N-ethyl adjacent to an activating group) is 1. The maximum Gasteiger partial charge on any atom is 0.0485 e. The van der Waals surface area contributed by atoms with Crippen LogP contribution in [-0.4, -0.2) is 17.0 Å². The van der Waals surface area contributed by atoms with Crippen molar-refractivity contribution in [2.75, 3.05) is 7.05 Å². The van der Waals surface area contributed by atoms with Crippen molar-refractivity contribution in [3.8, 4) is 0 Å². The maximum atomic E-state index is 4.66. The molecular formula is C17H21N3. The highest BCUT2D eigenvalue weighted by molar-refractivity contribution is 5.31. The Hall–Kier alpha value is -1.74. The van der Waals surface area contributed by atoms with Crippen molar-refractivity contribution >= 4 is 0 Å². The first-order valence-corrected chi connectivity index (χ1v) is 7.32. The largest absolute Gasteiger partial charge is 0.312 e. The first-order chi connectivity index (χ1) is 9.79. The van der Waals surface area contributed by atoms with E-state index in [1.165, 1.54) is 35.2 Å². The van der Waals surface area contributed by atoms with Crippen molar-refractivity contribution in [2.45, 2.75) is 38.1 Å². The van der Waals surface area contributed by atoms with Crippen LogP contribution in [0, 0.1) is 6.92 Å². The van der Waals surface area contributed by atoms with Crippen LogP contribution in [0.5, 0.6) is 0 Å². The van der Waals surface area contributed by atoms with E-state index in [-0.39, 0.29) is 6.04 Å². The molecule has 2 aromatic heterocycles. The highest BCUT2D eigenvalue weighted by atomic mass is 14.9. The van der Waals surface area contributed by atoms with Gasteiger partial charge >= 0.3 is 0 Å². The molecule has 3 heteroatoms. The van der Waals surface area contributed by atoms with Crippen LogP contribution in [0.15, 0.2) is 36.8 Å². The molecule has 3 rings (SSSR count). The van der Waals surface area contributed by atoms with Gasteiger partial charge in [-0.05, 0) is 56.0 Å². The van der Waals surface area contributed by atoms with E-state index in [2.05, 4.69) is 34.3 Å². The second-order valence-corrected chi connectivity index (χ2v) is 5.61. The van der Waals surface area contributed by atoms with E-state index < -0.39 is 0 Å². The summed E-state index contributed by atoms with van der Waals surface area (Å²) in [5, 5.41) is 3.48. The van der Waals surface area contributed by atoms with E-state index in [9.17, 15) is 0 Å². The lowest BCUT2D eigenvalue weighted by atomic mass is 9.80. The minimum atomic E-state index is 0.288. The van der Waals surface area contributed by atoms with E-state index in [0.29, 0.717) is 5.92 Å². The smallest absolute Gasteiger partial charge is 0.0485 e. The van der Waals surface area contributed by atoms with E-state index in [1.54, 1.807) is 0 Å². The van der Waals surface area contributed by atoms with Gasteiger partial charge in [0.2, 0.25) is 0 Å². The topological polar surface area (TPSA) is 37.8 Å². The van der Waals surface area contributed by atoms with Gasteiger partial charge < -0.3 is 5.32 Å². The van der Waals surface area contributed by atoms with Crippen LogP contribution < -0.4 is 5.32 Å². The van der Waals surface area contributed by atoms with Gasteiger partial charge in [-0.3, -0.25) is 9.97 Å². The van der Waals surface area contributed by atoms with Crippen LogP contribution in [0.2, 0.25) is 0 Å². The Morgan fingerprint density at radius 2 is 2.25 bits per heavy atom. The molecule has 1 N–H and O–H groups in total. The Bertz CT molecular complexity index is 594. The number of nitrogens with one attached hydrogen (secondary N) is 1. The molecule has 2 atom stereocenters. The summed E-state index contributed by atoms with van der Waals surface area (Å²) in [6.45, 7) is 2.09. The molecule has 2 heterocycles. The van der Waals surface area contributed by atoms with Gasteiger partial charge in [-0.15, -0.1) is 0 Å². The lowest BCUT2D eigenvalue weighted by Crippen LogP contribution is -2.27. The highest BCUT2D eigenvalue weighted by Crippen LogP contribution is 2.38. The summed E-state index contributed by atoms with van der Waals surface area (Å²) >= 11 is 0. The molecule has 0 saturated heterocycles. The van der Waals surface area contributed by atoms with E-state index >= 15 is 0 Å². The molecule has 0 bridgehead atoms. The number of pyridine rings is 2. The van der Waals surface area contributed by atoms with Crippen molar-refractivity contribution < 1.29 is 0 Å². The Morgan fingerprint density at radius 3 is 3.05 bits per heavy atom. The second kappa shape index (κ2) is 5.71. The Kier molecular flexibility index (Phi) is 3.79. The molecule has 104 valence electrons. The molecule has 2 aromatic rings. The molecule has 2 unspecified atom stereocenters. The van der Waals surface area contributed by atoms with E-state index in [4.69, 9.17) is 0 Å². The number of hydrogen-bond donors (Lipinski definition) is 1. The van der Waals surface area contributed by atoms with Gasteiger partial charge in [-0.1, -0.05) is 12.1 Å². The van der Waals surface area contributed by atoms with Crippen molar-refractivity contribution in [1.29, 1.82) is 0 Å². The summed E-state index contributed by atoms with van der Waals surface area (Å²) in [5.74, 6) is 0.438. The van der Waals surface area contributed by atoms with Crippen LogP contribution in [0.4, 0.5) is 0 Å². The third-order valence-corrected chi connectivity index (χ3v) is 4.21. The van der Waals surface area contributed by atoms with Gasteiger partial charge in [0.1, 0.15) is 0 Å². The van der Waals surface area contributed by atoms with Crippen LogP contribution in [0.3, 0.4) is 0 Å². The van der Waals surface area contributed by atoms with Gasteiger partial charge in [0.15, 0.2) is 0 Å². The number of hydrogen-bond acceptors (Lipinski definition) is 3. The summed E-state index contributed by atoms with van der Waals surface area (Å²) in [6, 6.07) is 6.78. The van der Waals surface area contributed by atoms with Crippen LogP contribution in [0.1, 0.15) is 47.2 Å². The zero-order valence-electron chi connectivity index (χ0n) is 12.1. The second-order valence-electron chi connectivity index (χ2n) is 5.61. The molecule has 3 nitrogen and oxygen atoms in total. The molecule has 0 spiro atoms. The minimum absolute atomic E-state index is 0.288. The Balaban J connectivity index is 1.99. The predicted molar refractivity (Wildman–Crippen MR) is 80.7 cm³/mol. The lowest BCUT2D eigenvalue weighted by molar-refractivity contribution is 0.415. The summed E-state index contributed by atoms with van der Waals surface area (Å²) in [7, 11) is 2.03. The Labute approximate surface area is 120 Å². The quantitative estimate of drug-likeness (QED) is 0.928. The fraction of sp³-hybridized carbons (Fsp3) is 0.412. The van der Waals surface area contributed by atoms with Gasteiger partial charge in [0.05, 0.1) is 0 Å². The summed E-state index contributed by atoms with van der Waals surface area (Å²) in [5.41, 5.74) is 5.14. The van der Waals surface area contributed by atoms with Crippen LogP contribution in [0.25, 0.3) is 0 Å². The number of nitrogens with zero attached hydrogens (tertiary/aromatic N) is 2. The monoisotopic (exact) mass is 267 g/mol. The van der Waals surface area contributed by atoms with Crippen LogP contribution in [-0.2, 0) is 6.42 Å². The van der Waals surface area contributed by atoms with Crippen molar-refractivity contribution in [3.05, 3.63) is 59.2 Å². The fourth-order valence-electron chi connectivity index (χ4n) is 3.32. The summed E-state index contributed by atoms with van der Waals surface area (Å²) < 4.78 is 0. The molecular weight excluding hydrogens is 246 g/mol. The molecule has 0 aliphatic heterocycles. The predicted octanol–water partition coefficient (Wildman–Crippen LogP) is 3.17. The zero-order chi connectivity index (χ0) is 13.9. The summed E-state index contributed by atoms with van der Waals surface area (Å²) in [6.07, 6.45) is 9.37. The molecule has 20 heavy (non-hydrogen) atoms. The highest BCUT2D eigenvalue weighted by Gasteiger charge is 2.29. The third-order valence-electron chi connectivity index (χ3n) is 4.21. The standard InChI is InChI=1S/C17H21N3/c1-12-9-14(11-19-10-12)16(18-2)15-7-3-5-13-6-4-8-20-17(13)15/h4,6,8-11,15-16,18H,3,5,7H2,1-2H3. The normalized spacial score (nSPS) is 19.4. The first-order valence-electron chi connectivity index (χ1n) is 7.32. The van der Waals surface area contributed by atoms with Gasteiger partial charge in [0.25, 0.3) is 0 Å². The van der Waals surface area contributed by atoms with Crippen molar-refractivity contribution in [1.82, 2.24) is 15.3 Å². The molecule has 0 amide bonds. The zero-order valence-corrected chi connectivity index (χ0v) is 12.1. The third kappa shape index (κ3) is 2.46. The number of rotatable bonds is 3. The SMILES string of the molecule is CNC(c1cncc(C)c1)C1CCCc2cccnc21. The number of aryl methyl sites for hydroxylation is 2. The van der Waals surface area contributed by atoms with Gasteiger partial charge in [-0.2, -0.15) is 0 Å². The average molecular weight is 267 g/mol. The van der Waals surface area contributed by atoms with E-state index in [1.807, 2.05) is 31.7 Å². The van der Waals surface area contributed by atoms with Crippen molar-refractivity contribution in [3.63, 3.8) is 0 Å². The molecule has 0 aromatic carbocycles. The van der Waals surface area contributed by atoms with Crippen molar-refractivity contribution in [2.24, 2.45) is 0 Å². The molecule has 0 saturated carbocycles. The summed E-state index contributed by atoms with van der Waals surface area (Å²) in [4.78, 5) is 9.00. The van der Waals surface area contributed by atoms with Crippen LogP contribution >= 0.6 is 0 Å².